The molecule has 0 aliphatic rings. The van der Waals surface area contributed by atoms with Crippen molar-refractivity contribution in [1.82, 2.24) is 0 Å². The SMILES string of the molecule is Cc1cc(F)cc([N+](=O)[O-])c1OC(F)(F)F. The molecule has 0 unspecified atom stereocenters. The van der Waals surface area contributed by atoms with E-state index in [4.69, 9.17) is 0 Å². The van der Waals surface area contributed by atoms with Crippen LogP contribution in [0.2, 0.25) is 0 Å². The minimum absolute atomic E-state index is 0.302. The van der Waals surface area contributed by atoms with E-state index in [2.05, 4.69) is 4.74 Å². The van der Waals surface area contributed by atoms with Crippen molar-refractivity contribution < 1.29 is 27.2 Å². The van der Waals surface area contributed by atoms with Crippen molar-refractivity contribution in [2.75, 3.05) is 0 Å². The highest BCUT2D eigenvalue weighted by Crippen LogP contribution is 2.35. The van der Waals surface area contributed by atoms with E-state index in [-0.39, 0.29) is 5.56 Å². The van der Waals surface area contributed by atoms with Gasteiger partial charge in [-0.1, -0.05) is 0 Å². The number of nitrogens with zero attached hydrogens (tertiary/aromatic N) is 1. The summed E-state index contributed by atoms with van der Waals surface area (Å²) in [5, 5.41) is 10.4. The van der Waals surface area contributed by atoms with Crippen molar-refractivity contribution >= 4 is 5.69 Å². The van der Waals surface area contributed by atoms with Gasteiger partial charge in [-0.3, -0.25) is 10.1 Å². The molecular formula is C8H5F4NO3. The molecule has 0 radical (unpaired) electrons. The lowest BCUT2D eigenvalue weighted by Crippen LogP contribution is -2.18. The lowest BCUT2D eigenvalue weighted by atomic mass is 10.2. The molecule has 0 heterocycles. The second-order valence-corrected chi connectivity index (χ2v) is 2.88. The van der Waals surface area contributed by atoms with Gasteiger partial charge in [0.25, 0.3) is 0 Å². The Hall–Kier alpha value is -1.86. The van der Waals surface area contributed by atoms with Crippen molar-refractivity contribution in [3.63, 3.8) is 0 Å². The summed E-state index contributed by atoms with van der Waals surface area (Å²) >= 11 is 0. The Labute approximate surface area is 86.6 Å². The number of hydrogen-bond acceptors (Lipinski definition) is 3. The van der Waals surface area contributed by atoms with Gasteiger partial charge in [0.1, 0.15) is 5.82 Å². The molecule has 0 amide bonds. The van der Waals surface area contributed by atoms with E-state index in [0.29, 0.717) is 12.1 Å². The van der Waals surface area contributed by atoms with Crippen LogP contribution in [-0.2, 0) is 0 Å². The molecule has 1 aromatic rings. The van der Waals surface area contributed by atoms with Gasteiger partial charge in [-0.05, 0) is 13.0 Å². The molecule has 0 aromatic heterocycles. The van der Waals surface area contributed by atoms with Crippen LogP contribution in [0.25, 0.3) is 0 Å². The first kappa shape index (κ1) is 12.2. The van der Waals surface area contributed by atoms with E-state index in [1.807, 2.05) is 0 Å². The highest BCUT2D eigenvalue weighted by atomic mass is 19.4. The first-order chi connectivity index (χ1) is 7.20. The molecule has 1 rings (SSSR count). The molecule has 0 spiro atoms. The summed E-state index contributed by atoms with van der Waals surface area (Å²) in [6.07, 6.45) is -5.06. The average molecular weight is 239 g/mol. The van der Waals surface area contributed by atoms with E-state index in [1.165, 1.54) is 0 Å². The Bertz CT molecular complexity index is 430. The molecule has 0 atom stereocenters. The quantitative estimate of drug-likeness (QED) is 0.453. The first-order valence-corrected chi connectivity index (χ1v) is 3.91. The number of nitro groups is 1. The number of ether oxygens (including phenoxy) is 1. The monoisotopic (exact) mass is 239 g/mol. The first-order valence-electron chi connectivity index (χ1n) is 3.91. The van der Waals surface area contributed by atoms with Crippen molar-refractivity contribution in [2.45, 2.75) is 13.3 Å². The zero-order valence-electron chi connectivity index (χ0n) is 7.84. The second kappa shape index (κ2) is 3.95. The van der Waals surface area contributed by atoms with Gasteiger partial charge in [0.2, 0.25) is 5.75 Å². The summed E-state index contributed by atoms with van der Waals surface area (Å²) in [6.45, 7) is 1.08. The molecule has 0 aliphatic carbocycles. The molecule has 0 aliphatic heterocycles. The van der Waals surface area contributed by atoms with Crippen LogP contribution in [0.1, 0.15) is 5.56 Å². The molecule has 0 N–H and O–H groups in total. The lowest BCUT2D eigenvalue weighted by molar-refractivity contribution is -0.388. The van der Waals surface area contributed by atoms with E-state index >= 15 is 0 Å². The van der Waals surface area contributed by atoms with Gasteiger partial charge in [-0.15, -0.1) is 13.2 Å². The molecule has 0 bridgehead atoms. The van der Waals surface area contributed by atoms with Crippen molar-refractivity contribution in [2.24, 2.45) is 0 Å². The number of hydrogen-bond donors (Lipinski definition) is 0. The van der Waals surface area contributed by atoms with E-state index in [1.54, 1.807) is 0 Å². The summed E-state index contributed by atoms with van der Waals surface area (Å²) in [4.78, 5) is 9.26. The summed E-state index contributed by atoms with van der Waals surface area (Å²) < 4.78 is 52.0. The molecule has 1 aromatic carbocycles. The van der Waals surface area contributed by atoms with Crippen LogP contribution < -0.4 is 4.74 Å². The molecule has 16 heavy (non-hydrogen) atoms. The molecular weight excluding hydrogens is 234 g/mol. The number of alkyl halides is 3. The fourth-order valence-corrected chi connectivity index (χ4v) is 1.10. The minimum atomic E-state index is -5.06. The maximum absolute atomic E-state index is 12.8. The van der Waals surface area contributed by atoms with Gasteiger partial charge in [0.15, 0.2) is 0 Å². The van der Waals surface area contributed by atoms with E-state index < -0.39 is 28.5 Å². The number of aryl methyl sites for hydroxylation is 1. The second-order valence-electron chi connectivity index (χ2n) is 2.88. The lowest BCUT2D eigenvalue weighted by Gasteiger charge is -2.11. The van der Waals surface area contributed by atoms with Gasteiger partial charge in [-0.2, -0.15) is 0 Å². The van der Waals surface area contributed by atoms with E-state index in [0.717, 1.165) is 6.92 Å². The average Bonchev–Trinajstić information content (AvgIpc) is 2.07. The fourth-order valence-electron chi connectivity index (χ4n) is 1.10. The summed E-state index contributed by atoms with van der Waals surface area (Å²) in [7, 11) is 0. The Balaban J connectivity index is 3.30. The molecule has 0 saturated heterocycles. The third kappa shape index (κ3) is 2.81. The van der Waals surface area contributed by atoms with Gasteiger partial charge < -0.3 is 4.74 Å². The topological polar surface area (TPSA) is 52.4 Å². The van der Waals surface area contributed by atoms with Crippen LogP contribution in [-0.4, -0.2) is 11.3 Å². The predicted octanol–water partition coefficient (Wildman–Crippen LogP) is 2.94. The Kier molecular flexibility index (Phi) is 3.02. The molecule has 0 fully saturated rings. The minimum Gasteiger partial charge on any atom is -0.398 e. The van der Waals surface area contributed by atoms with Crippen molar-refractivity contribution in [3.05, 3.63) is 33.6 Å². The van der Waals surface area contributed by atoms with Crippen LogP contribution in [0.3, 0.4) is 0 Å². The number of rotatable bonds is 2. The third-order valence-corrected chi connectivity index (χ3v) is 1.63. The van der Waals surface area contributed by atoms with Crippen LogP contribution in [0.5, 0.6) is 5.75 Å². The van der Waals surface area contributed by atoms with Gasteiger partial charge in [0, 0.05) is 5.56 Å². The standard InChI is InChI=1S/C8H5F4NO3/c1-4-2-5(9)3-6(13(14)15)7(4)16-8(10,11)12/h2-3H,1H3. The van der Waals surface area contributed by atoms with Crippen LogP contribution in [0.15, 0.2) is 12.1 Å². The number of benzene rings is 1. The van der Waals surface area contributed by atoms with Gasteiger partial charge in [0.05, 0.1) is 11.0 Å². The van der Waals surface area contributed by atoms with E-state index in [9.17, 15) is 27.7 Å². The molecule has 8 heteroatoms. The summed E-state index contributed by atoms with van der Waals surface area (Å²) in [5.41, 5.74) is -1.36. The molecule has 4 nitrogen and oxygen atoms in total. The van der Waals surface area contributed by atoms with Crippen molar-refractivity contribution in [3.8, 4) is 5.75 Å². The zero-order chi connectivity index (χ0) is 12.5. The summed E-state index contributed by atoms with van der Waals surface area (Å²) in [5.74, 6) is -2.00. The maximum Gasteiger partial charge on any atom is 0.573 e. The van der Waals surface area contributed by atoms with Crippen LogP contribution >= 0.6 is 0 Å². The smallest absolute Gasteiger partial charge is 0.398 e. The zero-order valence-corrected chi connectivity index (χ0v) is 7.84. The Morgan fingerprint density at radius 2 is 1.94 bits per heavy atom. The highest BCUT2D eigenvalue weighted by Gasteiger charge is 2.35. The number of nitro benzene ring substituents is 1. The normalized spacial score (nSPS) is 11.3. The molecule has 88 valence electrons. The Morgan fingerprint density at radius 1 is 1.38 bits per heavy atom. The molecule has 0 saturated carbocycles. The van der Waals surface area contributed by atoms with Gasteiger partial charge >= 0.3 is 12.0 Å². The Morgan fingerprint density at radius 3 is 2.38 bits per heavy atom. The predicted molar refractivity (Wildman–Crippen MR) is 44.5 cm³/mol. The van der Waals surface area contributed by atoms with Crippen LogP contribution in [0, 0.1) is 22.9 Å². The van der Waals surface area contributed by atoms with Gasteiger partial charge in [-0.25, -0.2) is 4.39 Å². The van der Waals surface area contributed by atoms with Crippen LogP contribution in [0.4, 0.5) is 23.2 Å². The number of halogens is 4. The largest absolute Gasteiger partial charge is 0.573 e. The maximum atomic E-state index is 12.8. The van der Waals surface area contributed by atoms with Crippen molar-refractivity contribution in [1.29, 1.82) is 0 Å². The third-order valence-electron chi connectivity index (χ3n) is 1.63. The highest BCUT2D eigenvalue weighted by molar-refractivity contribution is 5.51. The summed E-state index contributed by atoms with van der Waals surface area (Å²) in [6, 6.07) is 1.09. The fraction of sp³-hybridized carbons (Fsp3) is 0.250.